The lowest BCUT2D eigenvalue weighted by molar-refractivity contribution is 0.473. The third-order valence-electron chi connectivity index (χ3n) is 2.51. The van der Waals surface area contributed by atoms with Crippen molar-refractivity contribution >= 4 is 5.65 Å². The van der Waals surface area contributed by atoms with Gasteiger partial charge in [0.2, 0.25) is 0 Å². The predicted octanol–water partition coefficient (Wildman–Crippen LogP) is 1.37. The van der Waals surface area contributed by atoms with E-state index in [2.05, 4.69) is 21.3 Å². The van der Waals surface area contributed by atoms with E-state index in [0.717, 1.165) is 0 Å². The molecule has 6 nitrogen and oxygen atoms in total. The first-order valence-electron chi connectivity index (χ1n) is 5.17. The molecule has 0 saturated heterocycles. The summed E-state index contributed by atoms with van der Waals surface area (Å²) in [4.78, 5) is 3.89. The fourth-order valence-corrected chi connectivity index (χ4v) is 1.70. The van der Waals surface area contributed by atoms with Crippen LogP contribution in [0.3, 0.4) is 0 Å². The van der Waals surface area contributed by atoms with Crippen LogP contribution in [-0.4, -0.2) is 24.7 Å². The molecule has 86 valence electrons. The molecular formula is C12H7N5O. The molecule has 0 bridgehead atoms. The number of pyridine rings is 2. The summed E-state index contributed by atoms with van der Waals surface area (Å²) in [6, 6.07) is 6.99. The lowest BCUT2D eigenvalue weighted by atomic mass is 10.2. The van der Waals surface area contributed by atoms with Crippen molar-refractivity contribution in [2.24, 2.45) is 0 Å². The number of fused-ring (bicyclic) bond motifs is 1. The molecule has 0 aliphatic carbocycles. The second kappa shape index (κ2) is 3.82. The monoisotopic (exact) mass is 237 g/mol. The topological polar surface area (TPSA) is 87.1 Å². The van der Waals surface area contributed by atoms with Gasteiger partial charge in [0.1, 0.15) is 11.8 Å². The van der Waals surface area contributed by atoms with Gasteiger partial charge in [0.05, 0.1) is 11.8 Å². The zero-order valence-corrected chi connectivity index (χ0v) is 9.15. The fraction of sp³-hybridized carbons (Fsp3) is 0. The van der Waals surface area contributed by atoms with E-state index in [1.807, 2.05) is 0 Å². The van der Waals surface area contributed by atoms with Crippen LogP contribution in [0.15, 0.2) is 36.8 Å². The molecule has 0 radical (unpaired) electrons. The first-order chi connectivity index (χ1) is 8.78. The molecule has 3 aromatic heterocycles. The summed E-state index contributed by atoms with van der Waals surface area (Å²) in [6.07, 6.45) is 4.57. The molecule has 0 amide bonds. The standard InChI is InChI=1S/C12H7N5O/c13-4-8-1-2-11-15-16-12(17(11)7-8)9-3-10(18)6-14-5-9/h1-3,5-7,18H. The number of hydrogen-bond donors (Lipinski definition) is 1. The number of hydrogen-bond acceptors (Lipinski definition) is 5. The minimum atomic E-state index is 0.0562. The largest absolute Gasteiger partial charge is 0.506 e. The van der Waals surface area contributed by atoms with E-state index >= 15 is 0 Å². The van der Waals surface area contributed by atoms with Gasteiger partial charge in [-0.3, -0.25) is 9.38 Å². The van der Waals surface area contributed by atoms with E-state index in [0.29, 0.717) is 22.6 Å². The van der Waals surface area contributed by atoms with E-state index in [1.165, 1.54) is 6.20 Å². The Hall–Kier alpha value is -2.94. The highest BCUT2D eigenvalue weighted by atomic mass is 16.3. The predicted molar refractivity (Wildman–Crippen MR) is 62.6 cm³/mol. The first-order valence-corrected chi connectivity index (χ1v) is 5.17. The molecule has 0 spiro atoms. The SMILES string of the molecule is N#Cc1ccc2nnc(-c3cncc(O)c3)n2c1. The number of rotatable bonds is 1. The van der Waals surface area contributed by atoms with E-state index in [1.54, 1.807) is 35.0 Å². The Morgan fingerprint density at radius 2 is 2.11 bits per heavy atom. The second-order valence-corrected chi connectivity index (χ2v) is 3.71. The molecule has 0 saturated carbocycles. The highest BCUT2D eigenvalue weighted by Gasteiger charge is 2.09. The van der Waals surface area contributed by atoms with Crippen molar-refractivity contribution in [1.29, 1.82) is 5.26 Å². The molecule has 0 fully saturated rings. The smallest absolute Gasteiger partial charge is 0.170 e. The molecule has 0 atom stereocenters. The van der Waals surface area contributed by atoms with Gasteiger partial charge in [0.15, 0.2) is 11.5 Å². The van der Waals surface area contributed by atoms with Crippen molar-refractivity contribution in [3.63, 3.8) is 0 Å². The van der Waals surface area contributed by atoms with Gasteiger partial charge in [0.25, 0.3) is 0 Å². The van der Waals surface area contributed by atoms with Crippen LogP contribution in [0.25, 0.3) is 17.0 Å². The molecule has 0 aliphatic heterocycles. The quantitative estimate of drug-likeness (QED) is 0.690. The molecular weight excluding hydrogens is 230 g/mol. The van der Waals surface area contributed by atoms with Gasteiger partial charge in [-0.05, 0) is 18.2 Å². The average molecular weight is 237 g/mol. The van der Waals surface area contributed by atoms with Gasteiger partial charge in [-0.1, -0.05) is 0 Å². The van der Waals surface area contributed by atoms with Crippen LogP contribution in [0, 0.1) is 11.3 Å². The maximum Gasteiger partial charge on any atom is 0.170 e. The van der Waals surface area contributed by atoms with Gasteiger partial charge in [0, 0.05) is 18.0 Å². The van der Waals surface area contributed by atoms with Gasteiger partial charge >= 0.3 is 0 Å². The first kappa shape index (κ1) is 10.2. The zero-order valence-electron chi connectivity index (χ0n) is 9.15. The van der Waals surface area contributed by atoms with Crippen molar-refractivity contribution in [2.75, 3.05) is 0 Å². The van der Waals surface area contributed by atoms with Crippen molar-refractivity contribution in [2.45, 2.75) is 0 Å². The van der Waals surface area contributed by atoms with Crippen molar-refractivity contribution in [3.05, 3.63) is 42.4 Å². The van der Waals surface area contributed by atoms with Gasteiger partial charge in [-0.25, -0.2) is 0 Å². The Morgan fingerprint density at radius 3 is 2.89 bits per heavy atom. The van der Waals surface area contributed by atoms with Crippen LogP contribution in [0.1, 0.15) is 5.56 Å². The van der Waals surface area contributed by atoms with Crippen LogP contribution in [0.5, 0.6) is 5.75 Å². The Morgan fingerprint density at radius 1 is 1.22 bits per heavy atom. The van der Waals surface area contributed by atoms with Crippen molar-refractivity contribution < 1.29 is 5.11 Å². The molecule has 1 N–H and O–H groups in total. The number of aromatic hydroxyl groups is 1. The van der Waals surface area contributed by atoms with Crippen LogP contribution in [0.4, 0.5) is 0 Å². The van der Waals surface area contributed by atoms with Gasteiger partial charge in [-0.15, -0.1) is 10.2 Å². The summed E-state index contributed by atoms with van der Waals surface area (Å²) in [5, 5.41) is 26.3. The molecule has 0 aromatic carbocycles. The molecule has 0 unspecified atom stereocenters. The van der Waals surface area contributed by atoms with Crippen LogP contribution in [0.2, 0.25) is 0 Å². The number of aromatic nitrogens is 4. The number of nitrogens with zero attached hydrogens (tertiary/aromatic N) is 5. The summed E-state index contributed by atoms with van der Waals surface area (Å²) in [6.45, 7) is 0. The van der Waals surface area contributed by atoms with E-state index < -0.39 is 0 Å². The average Bonchev–Trinajstić information content (AvgIpc) is 2.81. The third-order valence-corrected chi connectivity index (χ3v) is 2.51. The van der Waals surface area contributed by atoms with Crippen LogP contribution in [-0.2, 0) is 0 Å². The second-order valence-electron chi connectivity index (χ2n) is 3.71. The van der Waals surface area contributed by atoms with Crippen molar-refractivity contribution in [1.82, 2.24) is 19.6 Å². The highest BCUT2D eigenvalue weighted by molar-refractivity contribution is 5.60. The fourth-order valence-electron chi connectivity index (χ4n) is 1.70. The minimum Gasteiger partial charge on any atom is -0.506 e. The van der Waals surface area contributed by atoms with E-state index in [9.17, 15) is 5.11 Å². The third kappa shape index (κ3) is 1.55. The zero-order chi connectivity index (χ0) is 12.5. The minimum absolute atomic E-state index is 0.0562. The molecule has 3 rings (SSSR count). The summed E-state index contributed by atoms with van der Waals surface area (Å²) in [5.41, 5.74) is 1.78. The Bertz CT molecular complexity index is 771. The molecule has 0 aliphatic rings. The summed E-state index contributed by atoms with van der Waals surface area (Å²) in [7, 11) is 0. The summed E-state index contributed by atoms with van der Waals surface area (Å²) < 4.78 is 1.69. The molecule has 18 heavy (non-hydrogen) atoms. The highest BCUT2D eigenvalue weighted by Crippen LogP contribution is 2.21. The van der Waals surface area contributed by atoms with Crippen LogP contribution >= 0.6 is 0 Å². The van der Waals surface area contributed by atoms with Gasteiger partial charge in [-0.2, -0.15) is 5.26 Å². The summed E-state index contributed by atoms with van der Waals surface area (Å²) in [5.74, 6) is 0.589. The lowest BCUT2D eigenvalue weighted by Crippen LogP contribution is -1.91. The van der Waals surface area contributed by atoms with E-state index in [-0.39, 0.29) is 5.75 Å². The summed E-state index contributed by atoms with van der Waals surface area (Å²) >= 11 is 0. The Balaban J connectivity index is 2.27. The lowest BCUT2D eigenvalue weighted by Gasteiger charge is -2.00. The normalized spacial score (nSPS) is 10.4. The van der Waals surface area contributed by atoms with Crippen molar-refractivity contribution in [3.8, 4) is 23.2 Å². The maximum absolute atomic E-state index is 9.41. The van der Waals surface area contributed by atoms with Gasteiger partial charge < -0.3 is 5.11 Å². The number of nitriles is 1. The Labute approximate surface area is 102 Å². The molecule has 3 heterocycles. The molecule has 3 aromatic rings. The molecule has 6 heteroatoms. The van der Waals surface area contributed by atoms with E-state index in [4.69, 9.17) is 5.26 Å². The Kier molecular flexibility index (Phi) is 2.17. The maximum atomic E-state index is 9.41. The van der Waals surface area contributed by atoms with Crippen LogP contribution < -0.4 is 0 Å².